The highest BCUT2D eigenvalue weighted by Gasteiger charge is 2.23. The van der Waals surface area contributed by atoms with E-state index in [1.54, 1.807) is 12.1 Å². The smallest absolute Gasteiger partial charge is 0.322 e. The summed E-state index contributed by atoms with van der Waals surface area (Å²) in [6, 6.07) is 3.33. The molecule has 1 unspecified atom stereocenters. The lowest BCUT2D eigenvalue weighted by Crippen LogP contribution is -2.44. The molecule has 0 saturated carbocycles. The molecule has 0 bridgehead atoms. The Bertz CT molecular complexity index is 433. The molecular weight excluding hydrogens is 273 g/mol. The average Bonchev–Trinajstić information content (AvgIpc) is 2.27. The number of piperidine rings is 1. The number of halogens is 2. The van der Waals surface area contributed by atoms with Gasteiger partial charge in [-0.05, 0) is 38.3 Å². The summed E-state index contributed by atoms with van der Waals surface area (Å²) in [5.41, 5.74) is 0.572. The van der Waals surface area contributed by atoms with Gasteiger partial charge in [-0.15, -0.1) is 0 Å². The normalized spacial score (nSPS) is 19.7. The van der Waals surface area contributed by atoms with Crippen molar-refractivity contribution in [2.75, 3.05) is 11.9 Å². The van der Waals surface area contributed by atoms with E-state index in [4.69, 9.17) is 23.2 Å². The maximum absolute atomic E-state index is 12.1. The lowest BCUT2D eigenvalue weighted by atomic mass is 10.0. The van der Waals surface area contributed by atoms with E-state index in [0.29, 0.717) is 5.69 Å². The molecule has 18 heavy (non-hydrogen) atoms. The number of nitrogens with zero attached hydrogens (tertiary/aromatic N) is 2. The minimum Gasteiger partial charge on any atom is -0.322 e. The molecule has 2 amide bonds. The third kappa shape index (κ3) is 3.27. The summed E-state index contributed by atoms with van der Waals surface area (Å²) in [5.74, 6) is 0. The highest BCUT2D eigenvalue weighted by Crippen LogP contribution is 2.21. The number of pyridine rings is 1. The third-order valence-corrected chi connectivity index (χ3v) is 3.47. The number of likely N-dealkylation sites (tertiary alicyclic amines) is 1. The molecular formula is C12H15Cl2N3O. The van der Waals surface area contributed by atoms with Gasteiger partial charge in [-0.1, -0.05) is 23.2 Å². The van der Waals surface area contributed by atoms with Crippen LogP contribution in [0.3, 0.4) is 0 Å². The minimum absolute atomic E-state index is 0.111. The minimum atomic E-state index is -0.111. The SMILES string of the molecule is CC1CCCCN1C(=O)Nc1cc(Cl)nc(Cl)c1. The van der Waals surface area contributed by atoms with Crippen molar-refractivity contribution in [1.82, 2.24) is 9.88 Å². The quantitative estimate of drug-likeness (QED) is 0.799. The van der Waals surface area contributed by atoms with E-state index >= 15 is 0 Å². The molecule has 1 aliphatic heterocycles. The molecule has 0 aliphatic carbocycles. The van der Waals surface area contributed by atoms with E-state index < -0.39 is 0 Å². The van der Waals surface area contributed by atoms with Crippen molar-refractivity contribution in [3.05, 3.63) is 22.4 Å². The highest BCUT2D eigenvalue weighted by atomic mass is 35.5. The number of anilines is 1. The van der Waals surface area contributed by atoms with Crippen LogP contribution in [0.15, 0.2) is 12.1 Å². The summed E-state index contributed by atoms with van der Waals surface area (Å²) in [5, 5.41) is 3.34. The highest BCUT2D eigenvalue weighted by molar-refractivity contribution is 6.32. The topological polar surface area (TPSA) is 45.2 Å². The predicted octanol–water partition coefficient (Wildman–Crippen LogP) is 3.79. The Morgan fingerprint density at radius 3 is 2.67 bits per heavy atom. The fourth-order valence-corrected chi connectivity index (χ4v) is 2.59. The van der Waals surface area contributed by atoms with Gasteiger partial charge in [0.05, 0.1) is 0 Å². The maximum atomic E-state index is 12.1. The maximum Gasteiger partial charge on any atom is 0.322 e. The van der Waals surface area contributed by atoms with Crippen molar-refractivity contribution in [2.24, 2.45) is 0 Å². The van der Waals surface area contributed by atoms with Gasteiger partial charge in [0.25, 0.3) is 0 Å². The Hall–Kier alpha value is -1.00. The Kier molecular flexibility index (Phi) is 4.30. The molecule has 1 atom stereocenters. The summed E-state index contributed by atoms with van der Waals surface area (Å²) < 4.78 is 0. The van der Waals surface area contributed by atoms with E-state index in [-0.39, 0.29) is 22.4 Å². The van der Waals surface area contributed by atoms with E-state index in [1.807, 2.05) is 4.90 Å². The predicted molar refractivity (Wildman–Crippen MR) is 73.3 cm³/mol. The van der Waals surface area contributed by atoms with Crippen molar-refractivity contribution >= 4 is 34.9 Å². The second kappa shape index (κ2) is 5.76. The zero-order valence-corrected chi connectivity index (χ0v) is 11.6. The average molecular weight is 288 g/mol. The van der Waals surface area contributed by atoms with Crippen LogP contribution in [-0.2, 0) is 0 Å². The summed E-state index contributed by atoms with van der Waals surface area (Å²) >= 11 is 11.6. The van der Waals surface area contributed by atoms with Crippen LogP contribution in [0, 0.1) is 0 Å². The summed E-state index contributed by atoms with van der Waals surface area (Å²) in [6.07, 6.45) is 3.28. The molecule has 0 spiro atoms. The van der Waals surface area contributed by atoms with Crippen LogP contribution < -0.4 is 5.32 Å². The summed E-state index contributed by atoms with van der Waals surface area (Å²) in [4.78, 5) is 17.8. The van der Waals surface area contributed by atoms with Gasteiger partial charge in [-0.25, -0.2) is 9.78 Å². The second-order valence-corrected chi connectivity index (χ2v) is 5.24. The van der Waals surface area contributed by atoms with Gasteiger partial charge in [-0.2, -0.15) is 0 Å². The first-order valence-electron chi connectivity index (χ1n) is 5.97. The largest absolute Gasteiger partial charge is 0.322 e. The molecule has 1 N–H and O–H groups in total. The van der Waals surface area contributed by atoms with Crippen LogP contribution in [0.25, 0.3) is 0 Å². The first-order chi connectivity index (χ1) is 8.56. The van der Waals surface area contributed by atoms with Crippen LogP contribution in [0.2, 0.25) is 10.3 Å². The molecule has 0 radical (unpaired) electrons. The zero-order chi connectivity index (χ0) is 13.1. The fourth-order valence-electron chi connectivity index (χ4n) is 2.13. The standard InChI is InChI=1S/C12H15Cl2N3O/c1-8-4-2-3-5-17(8)12(18)15-9-6-10(13)16-11(14)7-9/h6-8H,2-5H2,1H3,(H,15,16,18). The number of rotatable bonds is 1. The van der Waals surface area contributed by atoms with Crippen LogP contribution in [0.5, 0.6) is 0 Å². The Morgan fingerprint density at radius 2 is 2.06 bits per heavy atom. The van der Waals surface area contributed by atoms with Crippen LogP contribution in [0.1, 0.15) is 26.2 Å². The molecule has 98 valence electrons. The summed E-state index contributed by atoms with van der Waals surface area (Å²) in [6.45, 7) is 2.85. The number of carbonyl (C=O) groups excluding carboxylic acids is 1. The molecule has 1 saturated heterocycles. The van der Waals surface area contributed by atoms with Crippen molar-refractivity contribution in [1.29, 1.82) is 0 Å². The number of nitrogens with one attached hydrogen (secondary N) is 1. The van der Waals surface area contributed by atoms with Crippen molar-refractivity contribution < 1.29 is 4.79 Å². The van der Waals surface area contributed by atoms with Crippen LogP contribution in [-0.4, -0.2) is 28.5 Å². The summed E-state index contributed by atoms with van der Waals surface area (Å²) in [7, 11) is 0. The van der Waals surface area contributed by atoms with Crippen molar-refractivity contribution in [2.45, 2.75) is 32.2 Å². The van der Waals surface area contributed by atoms with Gasteiger partial charge < -0.3 is 10.2 Å². The number of hydrogen-bond acceptors (Lipinski definition) is 2. The molecule has 2 heterocycles. The van der Waals surface area contributed by atoms with E-state index in [9.17, 15) is 4.79 Å². The van der Waals surface area contributed by atoms with Crippen molar-refractivity contribution in [3.63, 3.8) is 0 Å². The number of hydrogen-bond donors (Lipinski definition) is 1. The first kappa shape index (κ1) is 13.4. The molecule has 1 aromatic heterocycles. The van der Waals surface area contributed by atoms with E-state index in [1.165, 1.54) is 6.42 Å². The Morgan fingerprint density at radius 1 is 1.39 bits per heavy atom. The molecule has 4 nitrogen and oxygen atoms in total. The number of carbonyl (C=O) groups is 1. The molecule has 1 fully saturated rings. The van der Waals surface area contributed by atoms with Crippen LogP contribution in [0.4, 0.5) is 10.5 Å². The molecule has 0 aromatic carbocycles. The lowest BCUT2D eigenvalue weighted by molar-refractivity contribution is 0.170. The Labute approximate surface area is 116 Å². The van der Waals surface area contributed by atoms with Gasteiger partial charge in [0.1, 0.15) is 10.3 Å². The molecule has 1 aromatic rings. The zero-order valence-electron chi connectivity index (χ0n) is 10.1. The first-order valence-corrected chi connectivity index (χ1v) is 6.72. The van der Waals surface area contributed by atoms with Gasteiger partial charge in [0.2, 0.25) is 0 Å². The second-order valence-electron chi connectivity index (χ2n) is 4.47. The molecule has 1 aliphatic rings. The number of aromatic nitrogens is 1. The van der Waals surface area contributed by atoms with E-state index in [0.717, 1.165) is 19.4 Å². The number of amides is 2. The molecule has 6 heteroatoms. The van der Waals surface area contributed by atoms with E-state index in [2.05, 4.69) is 17.2 Å². The van der Waals surface area contributed by atoms with Gasteiger partial charge in [0.15, 0.2) is 0 Å². The van der Waals surface area contributed by atoms with Gasteiger partial charge in [-0.3, -0.25) is 0 Å². The third-order valence-electron chi connectivity index (χ3n) is 3.08. The van der Waals surface area contributed by atoms with Gasteiger partial charge in [0, 0.05) is 18.3 Å². The van der Waals surface area contributed by atoms with Gasteiger partial charge >= 0.3 is 6.03 Å². The lowest BCUT2D eigenvalue weighted by Gasteiger charge is -2.33. The Balaban J connectivity index is 2.06. The fraction of sp³-hybridized carbons (Fsp3) is 0.500. The molecule has 2 rings (SSSR count). The number of urea groups is 1. The van der Waals surface area contributed by atoms with Crippen molar-refractivity contribution in [3.8, 4) is 0 Å². The monoisotopic (exact) mass is 287 g/mol. The van der Waals surface area contributed by atoms with Crippen LogP contribution >= 0.6 is 23.2 Å².